The second-order valence-electron chi connectivity index (χ2n) is 4.09. The van der Waals surface area contributed by atoms with Crippen molar-refractivity contribution in [1.82, 2.24) is 4.90 Å². The van der Waals surface area contributed by atoms with Gasteiger partial charge in [0.1, 0.15) is 0 Å². The fourth-order valence-electron chi connectivity index (χ4n) is 2.21. The van der Waals surface area contributed by atoms with Crippen LogP contribution in [0.25, 0.3) is 0 Å². The Balaban J connectivity index is 0.00000144. The molecule has 3 nitrogen and oxygen atoms in total. The van der Waals surface area contributed by atoms with Gasteiger partial charge in [0.2, 0.25) is 0 Å². The summed E-state index contributed by atoms with van der Waals surface area (Å²) in [4.78, 5) is 2.44. The van der Waals surface area contributed by atoms with Gasteiger partial charge >= 0.3 is 0 Å². The monoisotopic (exact) mass is 257 g/mol. The Morgan fingerprint density at radius 1 is 1.12 bits per heavy atom. The molecule has 17 heavy (non-hydrogen) atoms. The highest BCUT2D eigenvalue weighted by Gasteiger charge is 2.17. The van der Waals surface area contributed by atoms with Gasteiger partial charge in [-0.3, -0.25) is 4.90 Å². The van der Waals surface area contributed by atoms with Crippen molar-refractivity contribution in [3.63, 3.8) is 0 Å². The maximum atomic E-state index is 5.33. The minimum atomic E-state index is 0. The molecular weight excluding hydrogens is 238 g/mol. The summed E-state index contributed by atoms with van der Waals surface area (Å²) in [6.45, 7) is 5.46. The van der Waals surface area contributed by atoms with Crippen molar-refractivity contribution in [3.8, 4) is 11.5 Å². The molecule has 1 aromatic rings. The van der Waals surface area contributed by atoms with Gasteiger partial charge in [-0.15, -0.1) is 12.4 Å². The number of nitrogens with zero attached hydrogens (tertiary/aromatic N) is 1. The van der Waals surface area contributed by atoms with Crippen molar-refractivity contribution >= 4 is 12.4 Å². The van der Waals surface area contributed by atoms with Crippen molar-refractivity contribution in [2.24, 2.45) is 0 Å². The largest absolute Gasteiger partial charge is 0.493 e. The van der Waals surface area contributed by atoms with Crippen LogP contribution in [0, 0.1) is 0 Å². The molecule has 96 valence electrons. The van der Waals surface area contributed by atoms with Crippen LogP contribution in [0.15, 0.2) is 12.1 Å². The first-order valence-electron chi connectivity index (χ1n) is 5.74. The van der Waals surface area contributed by atoms with Crippen LogP contribution in [0.5, 0.6) is 11.5 Å². The van der Waals surface area contributed by atoms with Gasteiger partial charge in [-0.25, -0.2) is 0 Å². The Hall–Kier alpha value is -0.930. The molecule has 0 N–H and O–H groups in total. The normalized spacial score (nSPS) is 14.8. The number of fused-ring (bicyclic) bond motifs is 1. The summed E-state index contributed by atoms with van der Waals surface area (Å²) in [5.74, 6) is 1.67. The predicted molar refractivity (Wildman–Crippen MR) is 71.4 cm³/mol. The van der Waals surface area contributed by atoms with Gasteiger partial charge in [0.25, 0.3) is 0 Å². The van der Waals surface area contributed by atoms with E-state index in [0.29, 0.717) is 0 Å². The van der Waals surface area contributed by atoms with Crippen molar-refractivity contribution in [2.45, 2.75) is 19.9 Å². The van der Waals surface area contributed by atoms with E-state index in [9.17, 15) is 0 Å². The van der Waals surface area contributed by atoms with Crippen LogP contribution in [0.1, 0.15) is 18.1 Å². The zero-order chi connectivity index (χ0) is 11.5. The lowest BCUT2D eigenvalue weighted by atomic mass is 9.99. The summed E-state index contributed by atoms with van der Waals surface area (Å²) in [5, 5.41) is 0. The van der Waals surface area contributed by atoms with Gasteiger partial charge in [0, 0.05) is 13.1 Å². The summed E-state index contributed by atoms with van der Waals surface area (Å²) in [7, 11) is 3.37. The molecule has 0 spiro atoms. The molecule has 1 aromatic carbocycles. The Kier molecular flexibility index (Phi) is 5.09. The van der Waals surface area contributed by atoms with Gasteiger partial charge < -0.3 is 9.47 Å². The molecule has 1 aliphatic heterocycles. The van der Waals surface area contributed by atoms with E-state index in [1.807, 2.05) is 0 Å². The fourth-order valence-corrected chi connectivity index (χ4v) is 2.21. The van der Waals surface area contributed by atoms with E-state index >= 15 is 0 Å². The van der Waals surface area contributed by atoms with Crippen molar-refractivity contribution in [3.05, 3.63) is 23.3 Å². The van der Waals surface area contributed by atoms with Gasteiger partial charge in [-0.2, -0.15) is 0 Å². The predicted octanol–water partition coefficient (Wildman–Crippen LogP) is 2.50. The lowest BCUT2D eigenvalue weighted by Gasteiger charge is -2.28. The highest BCUT2D eigenvalue weighted by atomic mass is 35.5. The molecule has 0 aliphatic carbocycles. The van der Waals surface area contributed by atoms with Crippen LogP contribution in [-0.2, 0) is 13.0 Å². The third-order valence-electron chi connectivity index (χ3n) is 3.24. The molecule has 4 heteroatoms. The van der Waals surface area contributed by atoms with Crippen LogP contribution in [0.2, 0.25) is 0 Å². The number of halogens is 1. The fraction of sp³-hybridized carbons (Fsp3) is 0.538. The Morgan fingerprint density at radius 3 is 2.24 bits per heavy atom. The molecule has 0 bridgehead atoms. The molecule has 0 atom stereocenters. The van der Waals surface area contributed by atoms with Crippen LogP contribution in [0.3, 0.4) is 0 Å². The standard InChI is InChI=1S/C13H19NO2.ClH/c1-4-14-6-5-10-7-12(15-2)13(16-3)8-11(10)9-14;/h7-8H,4-6,9H2,1-3H3;1H. The highest BCUT2D eigenvalue weighted by molar-refractivity contribution is 5.85. The number of methoxy groups -OCH3 is 2. The molecule has 0 amide bonds. The molecule has 0 saturated carbocycles. The number of benzene rings is 1. The van der Waals surface area contributed by atoms with Crippen LogP contribution < -0.4 is 9.47 Å². The van der Waals surface area contributed by atoms with E-state index in [1.54, 1.807) is 14.2 Å². The lowest BCUT2D eigenvalue weighted by Crippen LogP contribution is -2.30. The topological polar surface area (TPSA) is 21.7 Å². The lowest BCUT2D eigenvalue weighted by molar-refractivity contribution is 0.266. The minimum Gasteiger partial charge on any atom is -0.493 e. The number of likely N-dealkylation sites (N-methyl/N-ethyl adjacent to an activating group) is 1. The molecule has 0 unspecified atom stereocenters. The highest BCUT2D eigenvalue weighted by Crippen LogP contribution is 2.33. The van der Waals surface area contributed by atoms with Crippen LogP contribution in [0.4, 0.5) is 0 Å². The van der Waals surface area contributed by atoms with E-state index < -0.39 is 0 Å². The molecule has 1 heterocycles. The Bertz CT molecular complexity index is 382. The van der Waals surface area contributed by atoms with Gasteiger partial charge in [0.05, 0.1) is 14.2 Å². The Morgan fingerprint density at radius 2 is 1.71 bits per heavy atom. The maximum absolute atomic E-state index is 5.33. The van der Waals surface area contributed by atoms with Gasteiger partial charge in [0.15, 0.2) is 11.5 Å². The van der Waals surface area contributed by atoms with Gasteiger partial charge in [-0.05, 0) is 36.2 Å². The average Bonchev–Trinajstić information content (AvgIpc) is 2.36. The number of hydrogen-bond donors (Lipinski definition) is 0. The molecule has 2 rings (SSSR count). The van der Waals surface area contributed by atoms with Crippen molar-refractivity contribution < 1.29 is 9.47 Å². The maximum Gasteiger partial charge on any atom is 0.161 e. The van der Waals surface area contributed by atoms with E-state index in [4.69, 9.17) is 9.47 Å². The first-order chi connectivity index (χ1) is 7.78. The number of rotatable bonds is 3. The van der Waals surface area contributed by atoms with Crippen molar-refractivity contribution in [2.75, 3.05) is 27.3 Å². The molecule has 0 radical (unpaired) electrons. The smallest absolute Gasteiger partial charge is 0.161 e. The Labute approximate surface area is 109 Å². The molecule has 1 aliphatic rings. The summed E-state index contributed by atoms with van der Waals surface area (Å²) in [6.07, 6.45) is 1.10. The van der Waals surface area contributed by atoms with Crippen LogP contribution in [-0.4, -0.2) is 32.2 Å². The van der Waals surface area contributed by atoms with Crippen molar-refractivity contribution in [1.29, 1.82) is 0 Å². The first-order valence-corrected chi connectivity index (χ1v) is 5.74. The summed E-state index contributed by atoms with van der Waals surface area (Å²) >= 11 is 0. The quantitative estimate of drug-likeness (QED) is 0.831. The van der Waals surface area contributed by atoms with Gasteiger partial charge in [-0.1, -0.05) is 6.92 Å². The summed E-state index contributed by atoms with van der Waals surface area (Å²) in [5.41, 5.74) is 2.76. The SMILES string of the molecule is CCN1CCc2cc(OC)c(OC)cc2C1.Cl. The molecular formula is C13H20ClNO2. The summed E-state index contributed by atoms with van der Waals surface area (Å²) in [6, 6.07) is 4.22. The number of hydrogen-bond acceptors (Lipinski definition) is 3. The van der Waals surface area contributed by atoms with E-state index in [2.05, 4.69) is 24.0 Å². The van der Waals surface area contributed by atoms with E-state index in [0.717, 1.165) is 37.6 Å². The molecule has 0 fully saturated rings. The van der Waals surface area contributed by atoms with Crippen LogP contribution >= 0.6 is 12.4 Å². The van der Waals surface area contributed by atoms with E-state index in [1.165, 1.54) is 11.1 Å². The summed E-state index contributed by atoms with van der Waals surface area (Å²) < 4.78 is 10.6. The molecule has 0 aromatic heterocycles. The second kappa shape index (κ2) is 6.12. The zero-order valence-electron chi connectivity index (χ0n) is 10.7. The third-order valence-corrected chi connectivity index (χ3v) is 3.24. The second-order valence-corrected chi connectivity index (χ2v) is 4.09. The first kappa shape index (κ1) is 14.1. The average molecular weight is 258 g/mol. The minimum absolute atomic E-state index is 0. The zero-order valence-corrected chi connectivity index (χ0v) is 11.5. The number of ether oxygens (including phenoxy) is 2. The third kappa shape index (κ3) is 2.85. The molecule has 0 saturated heterocycles. The van der Waals surface area contributed by atoms with E-state index in [-0.39, 0.29) is 12.4 Å².